The predicted molar refractivity (Wildman–Crippen MR) is 129 cm³/mol. The summed E-state index contributed by atoms with van der Waals surface area (Å²) in [4.78, 5) is 29.9. The molecule has 0 atom stereocenters. The number of nitrogens with one attached hydrogen (secondary N) is 1. The number of carbonyl (C=O) groups is 2. The minimum absolute atomic E-state index is 0.0486. The summed E-state index contributed by atoms with van der Waals surface area (Å²) in [6, 6.07) is 11.3. The molecule has 2 amide bonds. The minimum Gasteiger partial charge on any atom is -0.335 e. The van der Waals surface area contributed by atoms with Gasteiger partial charge in [-0.25, -0.2) is 0 Å². The third-order valence-electron chi connectivity index (χ3n) is 5.60. The first-order chi connectivity index (χ1) is 14.8. The SMILES string of the molecule is Cc1ccc(NC(=O)CN2CCN(C(=O)c3sc4cc(Cl)ccc4c3Cl)CC2)cc1C. The van der Waals surface area contributed by atoms with Crippen molar-refractivity contribution < 1.29 is 9.59 Å². The highest BCUT2D eigenvalue weighted by Gasteiger charge is 2.26. The van der Waals surface area contributed by atoms with Gasteiger partial charge in [-0.1, -0.05) is 35.3 Å². The Balaban J connectivity index is 1.34. The van der Waals surface area contributed by atoms with Crippen LogP contribution < -0.4 is 5.32 Å². The van der Waals surface area contributed by atoms with E-state index in [-0.39, 0.29) is 11.8 Å². The molecule has 1 N–H and O–H groups in total. The summed E-state index contributed by atoms with van der Waals surface area (Å²) >= 11 is 13.9. The van der Waals surface area contributed by atoms with Crippen LogP contribution >= 0.6 is 34.5 Å². The zero-order chi connectivity index (χ0) is 22.1. The molecule has 0 spiro atoms. The molecule has 4 rings (SSSR count). The number of benzene rings is 2. The first kappa shape index (κ1) is 22.1. The Morgan fingerprint density at radius 3 is 2.45 bits per heavy atom. The topological polar surface area (TPSA) is 52.7 Å². The maximum atomic E-state index is 13.0. The number of fused-ring (bicyclic) bond motifs is 1. The zero-order valence-electron chi connectivity index (χ0n) is 17.4. The van der Waals surface area contributed by atoms with E-state index >= 15 is 0 Å². The highest BCUT2D eigenvalue weighted by molar-refractivity contribution is 7.21. The van der Waals surface area contributed by atoms with E-state index in [0.717, 1.165) is 21.3 Å². The van der Waals surface area contributed by atoms with Crippen molar-refractivity contribution >= 4 is 62.1 Å². The van der Waals surface area contributed by atoms with Gasteiger partial charge in [-0.15, -0.1) is 11.3 Å². The number of rotatable bonds is 4. The van der Waals surface area contributed by atoms with Crippen LogP contribution in [0.5, 0.6) is 0 Å². The van der Waals surface area contributed by atoms with E-state index in [1.807, 2.05) is 44.2 Å². The number of amides is 2. The number of hydrogen-bond acceptors (Lipinski definition) is 4. The number of carbonyl (C=O) groups excluding carboxylic acids is 2. The molecule has 5 nitrogen and oxygen atoms in total. The van der Waals surface area contributed by atoms with Gasteiger partial charge in [0.25, 0.3) is 5.91 Å². The molecule has 2 aromatic carbocycles. The minimum atomic E-state index is -0.0680. The molecule has 31 heavy (non-hydrogen) atoms. The molecule has 1 aliphatic rings. The molecule has 0 bridgehead atoms. The summed E-state index contributed by atoms with van der Waals surface area (Å²) in [6.07, 6.45) is 0. The van der Waals surface area contributed by atoms with Crippen LogP contribution in [0.2, 0.25) is 10.0 Å². The summed E-state index contributed by atoms with van der Waals surface area (Å²) in [5, 5.41) is 4.91. The lowest BCUT2D eigenvalue weighted by Crippen LogP contribution is -2.50. The Hall–Kier alpha value is -2.12. The van der Waals surface area contributed by atoms with E-state index in [2.05, 4.69) is 10.2 Å². The maximum Gasteiger partial charge on any atom is 0.265 e. The second-order valence-corrected chi connectivity index (χ2v) is 9.67. The summed E-state index contributed by atoms with van der Waals surface area (Å²) in [7, 11) is 0. The lowest BCUT2D eigenvalue weighted by atomic mass is 10.1. The standard InChI is InChI=1S/C23H23Cl2N3O2S/c1-14-3-5-17(11-15(14)2)26-20(29)13-27-7-9-28(10-8-27)23(30)22-21(25)18-6-4-16(24)12-19(18)31-22/h3-6,11-12H,7-10,13H2,1-2H3,(H,26,29). The summed E-state index contributed by atoms with van der Waals surface area (Å²) in [6.45, 7) is 6.77. The lowest BCUT2D eigenvalue weighted by molar-refractivity contribution is -0.117. The van der Waals surface area contributed by atoms with Crippen LogP contribution in [0.3, 0.4) is 0 Å². The zero-order valence-corrected chi connectivity index (χ0v) is 19.7. The molecule has 2 heterocycles. The average molecular weight is 476 g/mol. The molecular weight excluding hydrogens is 453 g/mol. The Bertz CT molecular complexity index is 1150. The lowest BCUT2D eigenvalue weighted by Gasteiger charge is -2.34. The van der Waals surface area contributed by atoms with Gasteiger partial charge in [0.1, 0.15) is 4.88 Å². The van der Waals surface area contributed by atoms with E-state index < -0.39 is 0 Å². The van der Waals surface area contributed by atoms with Crippen LogP contribution in [-0.2, 0) is 4.79 Å². The number of anilines is 1. The van der Waals surface area contributed by atoms with Gasteiger partial charge in [-0.3, -0.25) is 14.5 Å². The number of nitrogens with zero attached hydrogens (tertiary/aromatic N) is 2. The quantitative estimate of drug-likeness (QED) is 0.562. The van der Waals surface area contributed by atoms with Crippen molar-refractivity contribution in [1.29, 1.82) is 0 Å². The molecule has 162 valence electrons. The molecule has 3 aromatic rings. The largest absolute Gasteiger partial charge is 0.335 e. The maximum absolute atomic E-state index is 13.0. The second-order valence-electron chi connectivity index (χ2n) is 7.80. The van der Waals surface area contributed by atoms with Crippen LogP contribution in [-0.4, -0.2) is 54.3 Å². The number of aryl methyl sites for hydroxylation is 2. The smallest absolute Gasteiger partial charge is 0.265 e. The first-order valence-electron chi connectivity index (χ1n) is 10.1. The molecule has 0 saturated carbocycles. The molecule has 0 unspecified atom stereocenters. The van der Waals surface area contributed by atoms with E-state index in [0.29, 0.717) is 47.6 Å². The van der Waals surface area contributed by atoms with Gasteiger partial charge in [0.05, 0.1) is 11.6 Å². The van der Waals surface area contributed by atoms with E-state index in [1.54, 1.807) is 11.0 Å². The van der Waals surface area contributed by atoms with Crippen LogP contribution in [0.1, 0.15) is 20.8 Å². The highest BCUT2D eigenvalue weighted by Crippen LogP contribution is 2.37. The fourth-order valence-corrected chi connectivity index (χ4v) is 5.41. The molecule has 1 aliphatic heterocycles. The summed E-state index contributed by atoms with van der Waals surface area (Å²) in [5.74, 6) is -0.117. The number of piperazine rings is 1. The molecule has 1 aromatic heterocycles. The van der Waals surface area contributed by atoms with Crippen molar-refractivity contribution in [1.82, 2.24) is 9.80 Å². The van der Waals surface area contributed by atoms with E-state index in [1.165, 1.54) is 16.9 Å². The fraction of sp³-hybridized carbons (Fsp3) is 0.304. The molecule has 1 fully saturated rings. The van der Waals surface area contributed by atoms with Crippen LogP contribution in [0.15, 0.2) is 36.4 Å². The Morgan fingerprint density at radius 2 is 1.74 bits per heavy atom. The van der Waals surface area contributed by atoms with Crippen LogP contribution in [0.25, 0.3) is 10.1 Å². The molecule has 1 saturated heterocycles. The van der Waals surface area contributed by atoms with Gasteiger partial charge in [0, 0.05) is 47.0 Å². The summed E-state index contributed by atoms with van der Waals surface area (Å²) in [5.41, 5.74) is 3.15. The van der Waals surface area contributed by atoms with Gasteiger partial charge in [-0.2, -0.15) is 0 Å². The van der Waals surface area contributed by atoms with Crippen molar-refractivity contribution in [2.75, 3.05) is 38.0 Å². The number of hydrogen-bond donors (Lipinski definition) is 1. The Labute approximate surface area is 195 Å². The normalized spacial score (nSPS) is 14.8. The second kappa shape index (κ2) is 9.17. The van der Waals surface area contributed by atoms with E-state index in [4.69, 9.17) is 23.2 Å². The van der Waals surface area contributed by atoms with Crippen molar-refractivity contribution in [2.24, 2.45) is 0 Å². The van der Waals surface area contributed by atoms with Gasteiger partial charge < -0.3 is 10.2 Å². The van der Waals surface area contributed by atoms with Crippen LogP contribution in [0, 0.1) is 13.8 Å². The Morgan fingerprint density at radius 1 is 1.00 bits per heavy atom. The van der Waals surface area contributed by atoms with Crippen molar-refractivity contribution in [3.63, 3.8) is 0 Å². The third-order valence-corrected chi connectivity index (χ3v) is 7.48. The average Bonchev–Trinajstić information content (AvgIpc) is 3.06. The van der Waals surface area contributed by atoms with Gasteiger partial charge in [0.15, 0.2) is 0 Å². The third kappa shape index (κ3) is 4.88. The van der Waals surface area contributed by atoms with Gasteiger partial charge >= 0.3 is 0 Å². The highest BCUT2D eigenvalue weighted by atomic mass is 35.5. The van der Waals surface area contributed by atoms with Gasteiger partial charge in [-0.05, 0) is 49.2 Å². The molecular formula is C23H23Cl2N3O2S. The number of halogens is 2. The van der Waals surface area contributed by atoms with Crippen LogP contribution in [0.4, 0.5) is 5.69 Å². The Kier molecular flexibility index (Phi) is 6.53. The molecule has 8 heteroatoms. The number of thiophene rings is 1. The van der Waals surface area contributed by atoms with Crippen molar-refractivity contribution in [3.05, 3.63) is 62.4 Å². The predicted octanol–water partition coefficient (Wildman–Crippen LogP) is 5.22. The summed E-state index contributed by atoms with van der Waals surface area (Å²) < 4.78 is 0.905. The fourth-order valence-electron chi connectivity index (χ4n) is 3.65. The first-order valence-corrected chi connectivity index (χ1v) is 11.7. The molecule has 0 aliphatic carbocycles. The van der Waals surface area contributed by atoms with Gasteiger partial charge in [0.2, 0.25) is 5.91 Å². The monoisotopic (exact) mass is 475 g/mol. The van der Waals surface area contributed by atoms with Crippen molar-refractivity contribution in [3.8, 4) is 0 Å². The molecule has 0 radical (unpaired) electrons. The van der Waals surface area contributed by atoms with E-state index in [9.17, 15) is 9.59 Å². The van der Waals surface area contributed by atoms with Crippen molar-refractivity contribution in [2.45, 2.75) is 13.8 Å².